The van der Waals surface area contributed by atoms with E-state index in [0.29, 0.717) is 25.4 Å². The number of unbranched alkanes of at least 4 members (excludes halogenated alkanes) is 1. The van der Waals surface area contributed by atoms with E-state index in [0.717, 1.165) is 45.3 Å². The molecule has 5 nitrogen and oxygen atoms in total. The number of likely N-dealkylation sites (tertiary alicyclic amines) is 1. The number of benzene rings is 1. The molecule has 2 aromatic rings. The second-order valence-corrected chi connectivity index (χ2v) is 11.2. The molecule has 1 aromatic carbocycles. The van der Waals surface area contributed by atoms with Crippen LogP contribution in [0.3, 0.4) is 0 Å². The van der Waals surface area contributed by atoms with Crippen LogP contribution >= 0.6 is 0 Å². The molecule has 3 heterocycles. The largest absolute Gasteiger partial charge is 0.342 e. The first-order valence-corrected chi connectivity index (χ1v) is 13.2. The first kappa shape index (κ1) is 21.4. The minimum atomic E-state index is 0.00809. The van der Waals surface area contributed by atoms with E-state index >= 15 is 0 Å². The molecule has 1 saturated carbocycles. The zero-order chi connectivity index (χ0) is 22.6. The summed E-state index contributed by atoms with van der Waals surface area (Å²) in [7, 11) is 0. The van der Waals surface area contributed by atoms with Gasteiger partial charge in [0.1, 0.15) is 0 Å². The third-order valence-corrected chi connectivity index (χ3v) is 9.04. The normalized spacial score (nSPS) is 24.8. The lowest BCUT2D eigenvalue weighted by Crippen LogP contribution is -2.47. The van der Waals surface area contributed by atoms with Gasteiger partial charge in [-0.15, -0.1) is 0 Å². The van der Waals surface area contributed by atoms with Crippen molar-refractivity contribution >= 4 is 22.7 Å². The second-order valence-electron chi connectivity index (χ2n) is 11.2. The number of carbonyl (C=O) groups is 2. The van der Waals surface area contributed by atoms with Crippen LogP contribution in [0.4, 0.5) is 0 Å². The molecular weight excluding hydrogens is 410 g/mol. The first-order valence-electron chi connectivity index (χ1n) is 13.2. The average molecular weight is 448 g/mol. The van der Waals surface area contributed by atoms with Crippen LogP contribution in [0.5, 0.6) is 0 Å². The number of carbonyl (C=O) groups excluding carboxylic acids is 2. The van der Waals surface area contributed by atoms with Crippen LogP contribution in [0.1, 0.15) is 87.1 Å². The lowest BCUT2D eigenvalue weighted by Gasteiger charge is -2.40. The van der Waals surface area contributed by atoms with E-state index in [1.165, 1.54) is 48.6 Å². The highest BCUT2D eigenvalue weighted by atomic mass is 16.2. The van der Waals surface area contributed by atoms with E-state index in [9.17, 15) is 9.59 Å². The molecule has 2 amide bonds. The molecule has 5 heteroatoms. The van der Waals surface area contributed by atoms with Crippen LogP contribution in [-0.2, 0) is 22.6 Å². The number of fused-ring (bicyclic) bond motifs is 3. The van der Waals surface area contributed by atoms with Crippen molar-refractivity contribution in [1.82, 2.24) is 14.4 Å². The fourth-order valence-electron chi connectivity index (χ4n) is 7.41. The molecule has 1 aromatic heterocycles. The number of hydrogen-bond acceptors (Lipinski definition) is 3. The van der Waals surface area contributed by atoms with Crippen molar-refractivity contribution in [2.24, 2.45) is 5.41 Å². The number of aryl methyl sites for hydroxylation is 2. The van der Waals surface area contributed by atoms with Crippen LogP contribution < -0.4 is 0 Å². The summed E-state index contributed by atoms with van der Waals surface area (Å²) in [5.41, 5.74) is 5.92. The summed E-state index contributed by atoms with van der Waals surface area (Å²) in [6.45, 7) is 6.03. The number of hydrogen-bond donors (Lipinski definition) is 0. The van der Waals surface area contributed by atoms with Crippen LogP contribution in [0.15, 0.2) is 18.2 Å². The number of rotatable bonds is 5. The third-order valence-electron chi connectivity index (χ3n) is 9.04. The third kappa shape index (κ3) is 3.63. The number of amides is 2. The van der Waals surface area contributed by atoms with Crippen LogP contribution in [0.2, 0.25) is 0 Å². The predicted molar refractivity (Wildman–Crippen MR) is 130 cm³/mol. The van der Waals surface area contributed by atoms with Gasteiger partial charge in [0.15, 0.2) is 0 Å². The molecule has 6 rings (SSSR count). The average Bonchev–Trinajstić information content (AvgIpc) is 3.37. The Morgan fingerprint density at radius 2 is 1.73 bits per heavy atom. The highest BCUT2D eigenvalue weighted by Gasteiger charge is 2.44. The van der Waals surface area contributed by atoms with Gasteiger partial charge in [0, 0.05) is 49.1 Å². The van der Waals surface area contributed by atoms with Gasteiger partial charge < -0.3 is 4.57 Å². The molecule has 0 bridgehead atoms. The molecule has 1 saturated heterocycles. The summed E-state index contributed by atoms with van der Waals surface area (Å²) >= 11 is 0. The number of piperidine rings is 1. The molecule has 176 valence electrons. The molecule has 0 radical (unpaired) electrons. The Labute approximate surface area is 197 Å². The summed E-state index contributed by atoms with van der Waals surface area (Å²) in [5.74, 6) is 0.172. The molecule has 33 heavy (non-hydrogen) atoms. The van der Waals surface area contributed by atoms with Crippen molar-refractivity contribution < 1.29 is 9.59 Å². The lowest BCUT2D eigenvalue weighted by molar-refractivity contribution is -0.153. The maximum atomic E-state index is 12.7. The van der Waals surface area contributed by atoms with Crippen molar-refractivity contribution in [3.05, 3.63) is 35.0 Å². The highest BCUT2D eigenvalue weighted by Crippen LogP contribution is 2.47. The Balaban J connectivity index is 1.09. The van der Waals surface area contributed by atoms with Crippen molar-refractivity contribution in [3.8, 4) is 0 Å². The van der Waals surface area contributed by atoms with E-state index in [4.69, 9.17) is 0 Å². The van der Waals surface area contributed by atoms with Crippen molar-refractivity contribution in [1.29, 1.82) is 0 Å². The zero-order valence-electron chi connectivity index (χ0n) is 20.1. The zero-order valence-corrected chi connectivity index (χ0v) is 20.1. The molecule has 2 aliphatic carbocycles. The van der Waals surface area contributed by atoms with E-state index in [1.54, 1.807) is 16.2 Å². The van der Waals surface area contributed by atoms with Crippen LogP contribution in [-0.4, -0.2) is 45.8 Å². The van der Waals surface area contributed by atoms with Gasteiger partial charge in [-0.2, -0.15) is 0 Å². The molecule has 4 aliphatic rings. The Morgan fingerprint density at radius 3 is 2.52 bits per heavy atom. The maximum absolute atomic E-state index is 12.7. The monoisotopic (exact) mass is 447 g/mol. The molecule has 1 unspecified atom stereocenters. The Bertz CT molecular complexity index is 1070. The topological polar surface area (TPSA) is 45.5 Å². The summed E-state index contributed by atoms with van der Waals surface area (Å²) in [6, 6.07) is 7.47. The van der Waals surface area contributed by atoms with Crippen molar-refractivity contribution in [3.63, 3.8) is 0 Å². The number of aromatic nitrogens is 1. The van der Waals surface area contributed by atoms with Gasteiger partial charge in [0.2, 0.25) is 11.8 Å². The quantitative estimate of drug-likeness (QED) is 0.471. The molecule has 2 fully saturated rings. The van der Waals surface area contributed by atoms with Gasteiger partial charge in [0.05, 0.1) is 6.04 Å². The van der Waals surface area contributed by atoms with Gasteiger partial charge in [-0.05, 0) is 81.5 Å². The Kier molecular flexibility index (Phi) is 5.36. The van der Waals surface area contributed by atoms with Gasteiger partial charge in [-0.3, -0.25) is 19.4 Å². The highest BCUT2D eigenvalue weighted by molar-refractivity contribution is 5.98. The summed E-state index contributed by atoms with van der Waals surface area (Å²) in [5, 5.41) is 1.47. The molecule has 1 spiro atoms. The van der Waals surface area contributed by atoms with E-state index in [2.05, 4.69) is 34.6 Å². The second kappa shape index (κ2) is 8.26. The van der Waals surface area contributed by atoms with Crippen molar-refractivity contribution in [2.45, 2.75) is 90.1 Å². The van der Waals surface area contributed by atoms with Gasteiger partial charge in [0.25, 0.3) is 0 Å². The molecule has 0 N–H and O–H groups in total. The van der Waals surface area contributed by atoms with Crippen LogP contribution in [0, 0.1) is 12.3 Å². The van der Waals surface area contributed by atoms with Crippen LogP contribution in [0.25, 0.3) is 10.9 Å². The van der Waals surface area contributed by atoms with Crippen molar-refractivity contribution in [2.75, 3.05) is 19.6 Å². The first-order chi connectivity index (χ1) is 16.0. The van der Waals surface area contributed by atoms with E-state index < -0.39 is 0 Å². The van der Waals surface area contributed by atoms with Gasteiger partial charge in [-0.1, -0.05) is 24.5 Å². The predicted octanol–water partition coefficient (Wildman–Crippen LogP) is 5.13. The summed E-state index contributed by atoms with van der Waals surface area (Å²) in [6.07, 6.45) is 11.4. The number of nitrogens with zero attached hydrogens (tertiary/aromatic N) is 3. The Hall–Kier alpha value is -2.14. The molecule has 1 atom stereocenters. The summed E-state index contributed by atoms with van der Waals surface area (Å²) < 4.78 is 2.59. The van der Waals surface area contributed by atoms with Gasteiger partial charge >= 0.3 is 0 Å². The smallest absolute Gasteiger partial charge is 0.229 e. The van der Waals surface area contributed by atoms with E-state index in [-0.39, 0.29) is 17.2 Å². The minimum Gasteiger partial charge on any atom is -0.342 e. The van der Waals surface area contributed by atoms with Gasteiger partial charge in [-0.25, -0.2) is 0 Å². The standard InChI is InChI=1S/C28H37N3O2/c1-20-9-10-23-22(17-20)21-7-6-8-24-27(21)30(23)16-15-29(24)13-4-5-14-31-25(32)18-28(19-26(31)33)11-2-3-12-28/h9-10,17,24H,2-8,11-16,18-19H2,1H3. The fraction of sp³-hybridized carbons (Fsp3) is 0.643. The maximum Gasteiger partial charge on any atom is 0.229 e. The lowest BCUT2D eigenvalue weighted by atomic mass is 9.76. The van der Waals surface area contributed by atoms with E-state index in [1.807, 2.05) is 0 Å². The Morgan fingerprint density at radius 1 is 0.970 bits per heavy atom. The SMILES string of the molecule is Cc1ccc2c(c1)c1c3n2CCN(CCCCN2C(=O)CC4(CCCC4)CC2=O)C3CCC1. The fourth-order valence-corrected chi connectivity index (χ4v) is 7.41. The summed E-state index contributed by atoms with van der Waals surface area (Å²) in [4.78, 5) is 29.7. The minimum absolute atomic E-state index is 0.00809. The number of imide groups is 1. The molecule has 2 aliphatic heterocycles. The molecular formula is C28H37N3O2.